The topological polar surface area (TPSA) is 127 Å². The molecule has 186 valence electrons. The van der Waals surface area contributed by atoms with Gasteiger partial charge in [-0.15, -0.1) is 0 Å². The summed E-state index contributed by atoms with van der Waals surface area (Å²) in [5, 5.41) is 12.8. The first-order valence-corrected chi connectivity index (χ1v) is 12.4. The van der Waals surface area contributed by atoms with Gasteiger partial charge in [0.25, 0.3) is 5.91 Å². The van der Waals surface area contributed by atoms with Gasteiger partial charge in [0.2, 0.25) is 11.8 Å². The van der Waals surface area contributed by atoms with Gasteiger partial charge in [0.05, 0.1) is 22.9 Å². The van der Waals surface area contributed by atoms with Crippen molar-refractivity contribution < 1.29 is 19.1 Å². The molecule has 3 aliphatic rings. The van der Waals surface area contributed by atoms with Crippen molar-refractivity contribution >= 4 is 29.2 Å². The maximum Gasteiger partial charge on any atom is 0.255 e. The minimum atomic E-state index is -0.693. The van der Waals surface area contributed by atoms with Crippen molar-refractivity contribution in [3.05, 3.63) is 35.8 Å². The van der Waals surface area contributed by atoms with Crippen LogP contribution in [0.25, 0.3) is 0 Å². The van der Waals surface area contributed by atoms with E-state index in [0.717, 1.165) is 31.2 Å². The van der Waals surface area contributed by atoms with Crippen LogP contribution < -0.4 is 16.0 Å². The highest BCUT2D eigenvalue weighted by atomic mass is 16.5. The molecule has 1 spiro atoms. The van der Waals surface area contributed by atoms with Gasteiger partial charge in [0.1, 0.15) is 11.9 Å². The van der Waals surface area contributed by atoms with E-state index in [1.165, 1.54) is 6.20 Å². The number of hydrogen-bond acceptors (Lipinski definition) is 6. The second-order valence-corrected chi connectivity index (χ2v) is 10.1. The molecule has 35 heavy (non-hydrogen) atoms. The summed E-state index contributed by atoms with van der Waals surface area (Å²) in [6.07, 6.45) is 9.80. The zero-order chi connectivity index (χ0) is 24.6. The van der Waals surface area contributed by atoms with Crippen molar-refractivity contribution in [1.82, 2.24) is 20.1 Å². The van der Waals surface area contributed by atoms with E-state index in [-0.39, 0.29) is 23.6 Å². The maximum atomic E-state index is 13.4. The summed E-state index contributed by atoms with van der Waals surface area (Å²) in [6.45, 7) is 3.28. The molecule has 10 nitrogen and oxygen atoms in total. The predicted molar refractivity (Wildman–Crippen MR) is 129 cm³/mol. The summed E-state index contributed by atoms with van der Waals surface area (Å²) >= 11 is 0. The van der Waals surface area contributed by atoms with Gasteiger partial charge in [-0.05, 0) is 37.5 Å². The Morgan fingerprint density at radius 1 is 1.20 bits per heavy atom. The van der Waals surface area contributed by atoms with Crippen LogP contribution in [0.5, 0.6) is 0 Å². The van der Waals surface area contributed by atoms with E-state index in [2.05, 4.69) is 33.0 Å². The van der Waals surface area contributed by atoms with Crippen molar-refractivity contribution in [2.75, 3.05) is 23.8 Å². The molecule has 2 aromatic heterocycles. The van der Waals surface area contributed by atoms with Crippen molar-refractivity contribution in [3.63, 3.8) is 0 Å². The monoisotopic (exact) mass is 480 g/mol. The highest BCUT2D eigenvalue weighted by Crippen LogP contribution is 2.44. The minimum absolute atomic E-state index is 0.0338. The Morgan fingerprint density at radius 2 is 1.94 bits per heavy atom. The molecule has 2 aliphatic heterocycles. The average Bonchev–Trinajstić information content (AvgIpc) is 3.39. The summed E-state index contributed by atoms with van der Waals surface area (Å²) in [4.78, 5) is 43.6. The zero-order valence-corrected chi connectivity index (χ0v) is 20.2. The molecule has 2 fully saturated rings. The third-order valence-electron chi connectivity index (χ3n) is 7.77. The lowest BCUT2D eigenvalue weighted by Crippen LogP contribution is -2.49. The van der Waals surface area contributed by atoms with E-state index in [1.807, 2.05) is 0 Å². The Morgan fingerprint density at radius 3 is 2.63 bits per heavy atom. The van der Waals surface area contributed by atoms with E-state index in [1.54, 1.807) is 30.2 Å². The van der Waals surface area contributed by atoms with Crippen molar-refractivity contribution in [3.8, 4) is 0 Å². The Balaban J connectivity index is 1.34. The summed E-state index contributed by atoms with van der Waals surface area (Å²) in [6, 6.07) is 1.01. The van der Waals surface area contributed by atoms with Gasteiger partial charge >= 0.3 is 0 Å². The molecule has 0 aromatic carbocycles. The third kappa shape index (κ3) is 4.54. The summed E-state index contributed by atoms with van der Waals surface area (Å²) in [5.74, 6) is 0.323. The summed E-state index contributed by atoms with van der Waals surface area (Å²) < 4.78 is 7.01. The molecule has 3 N–H and O–H groups in total. The molecule has 0 radical (unpaired) electrons. The molecule has 10 heteroatoms. The van der Waals surface area contributed by atoms with Crippen LogP contribution in [0.2, 0.25) is 0 Å². The molecule has 4 heterocycles. The molecule has 3 amide bonds. The fourth-order valence-corrected chi connectivity index (χ4v) is 5.57. The Hall–Kier alpha value is -3.27. The smallest absolute Gasteiger partial charge is 0.255 e. The number of rotatable bonds is 5. The molecule has 0 bridgehead atoms. The van der Waals surface area contributed by atoms with Crippen molar-refractivity contribution in [2.24, 2.45) is 18.9 Å². The molecule has 1 aliphatic carbocycles. The molecule has 1 atom stereocenters. The van der Waals surface area contributed by atoms with Crippen LogP contribution in [0, 0.1) is 11.8 Å². The van der Waals surface area contributed by atoms with E-state index >= 15 is 0 Å². The first kappa shape index (κ1) is 23.5. The van der Waals surface area contributed by atoms with Crippen molar-refractivity contribution in [2.45, 2.75) is 56.9 Å². The fraction of sp³-hybridized carbons (Fsp3) is 0.560. The first-order chi connectivity index (χ1) is 16.9. The van der Waals surface area contributed by atoms with Crippen LogP contribution >= 0.6 is 0 Å². The largest absolute Gasteiger partial charge is 0.381 e. The molecular formula is C25H32N6O4. The van der Waals surface area contributed by atoms with Crippen LogP contribution in [-0.4, -0.2) is 51.7 Å². The van der Waals surface area contributed by atoms with Crippen molar-refractivity contribution in [1.29, 1.82) is 0 Å². The first-order valence-electron chi connectivity index (χ1n) is 12.4. The van der Waals surface area contributed by atoms with E-state index in [4.69, 9.17) is 4.74 Å². The Bertz CT molecular complexity index is 1130. The van der Waals surface area contributed by atoms with E-state index in [9.17, 15) is 14.4 Å². The summed E-state index contributed by atoms with van der Waals surface area (Å²) in [5.41, 5.74) is 1.33. The van der Waals surface area contributed by atoms with Crippen LogP contribution in [-0.2, 0) is 26.8 Å². The number of aromatic nitrogens is 3. The molecule has 5 rings (SSSR count). The van der Waals surface area contributed by atoms with Gasteiger partial charge < -0.3 is 20.7 Å². The highest BCUT2D eigenvalue weighted by Gasteiger charge is 2.48. The number of carbonyl (C=O) groups is 3. The zero-order valence-electron chi connectivity index (χ0n) is 20.2. The minimum Gasteiger partial charge on any atom is -0.381 e. The number of fused-ring (bicyclic) bond motifs is 2. The predicted octanol–water partition coefficient (Wildman–Crippen LogP) is 2.38. The number of pyridine rings is 1. The van der Waals surface area contributed by atoms with Crippen LogP contribution in [0.3, 0.4) is 0 Å². The standard InChI is InChI=1S/C25H32N6O4/c1-15-3-5-16(6-4-15)21(30-22(32)17-12-27-31(2)14-17)23(33)29-20-11-19-18(13-26-20)25(24(34)28-19)7-9-35-10-8-25/h11-16,21H,3-10H2,1-2H3,(H,28,34)(H,30,32)(H,26,29,33). The highest BCUT2D eigenvalue weighted by molar-refractivity contribution is 6.07. The Kier molecular flexibility index (Phi) is 6.31. The van der Waals surface area contributed by atoms with Gasteiger partial charge in [-0.3, -0.25) is 19.1 Å². The lowest BCUT2D eigenvalue weighted by molar-refractivity contribution is -0.124. The average molecular weight is 481 g/mol. The fourth-order valence-electron chi connectivity index (χ4n) is 5.57. The number of anilines is 2. The van der Waals surface area contributed by atoms with Crippen LogP contribution in [0.4, 0.5) is 11.5 Å². The Labute approximate surface area is 204 Å². The lowest BCUT2D eigenvalue weighted by atomic mass is 9.76. The second kappa shape index (κ2) is 9.41. The normalized spacial score (nSPS) is 23.9. The maximum absolute atomic E-state index is 13.4. The molecular weight excluding hydrogens is 448 g/mol. The van der Waals surface area contributed by atoms with Gasteiger partial charge in [-0.1, -0.05) is 19.8 Å². The van der Waals surface area contributed by atoms with Gasteiger partial charge in [0, 0.05) is 44.3 Å². The van der Waals surface area contributed by atoms with Gasteiger partial charge in [-0.25, -0.2) is 4.98 Å². The quantitative estimate of drug-likeness (QED) is 0.603. The number of nitrogens with one attached hydrogen (secondary N) is 3. The van der Waals surface area contributed by atoms with Crippen LogP contribution in [0.1, 0.15) is 61.4 Å². The summed E-state index contributed by atoms with van der Waals surface area (Å²) in [7, 11) is 1.74. The number of amides is 3. The number of aryl methyl sites for hydroxylation is 1. The molecule has 2 aromatic rings. The van der Waals surface area contributed by atoms with Crippen LogP contribution in [0.15, 0.2) is 24.7 Å². The molecule has 1 saturated heterocycles. The van der Waals surface area contributed by atoms with Gasteiger partial charge in [-0.2, -0.15) is 5.10 Å². The molecule has 1 unspecified atom stereocenters. The SMILES string of the molecule is CC1CCC(C(NC(=O)c2cnn(C)c2)C(=O)Nc2cc3c(cn2)C2(CCOCC2)C(=O)N3)CC1. The van der Waals surface area contributed by atoms with E-state index in [0.29, 0.717) is 49.0 Å². The second-order valence-electron chi connectivity index (χ2n) is 10.1. The third-order valence-corrected chi connectivity index (χ3v) is 7.77. The lowest BCUT2D eigenvalue weighted by Gasteiger charge is -2.32. The number of carbonyl (C=O) groups excluding carboxylic acids is 3. The van der Waals surface area contributed by atoms with Gasteiger partial charge in [0.15, 0.2) is 0 Å². The number of ether oxygens (including phenoxy) is 1. The molecule has 1 saturated carbocycles. The number of hydrogen-bond donors (Lipinski definition) is 3. The van der Waals surface area contributed by atoms with E-state index < -0.39 is 11.5 Å². The number of nitrogens with zero attached hydrogens (tertiary/aromatic N) is 3.